The predicted octanol–water partition coefficient (Wildman–Crippen LogP) is 1.88. The monoisotopic (exact) mass is 241 g/mol. The summed E-state index contributed by atoms with van der Waals surface area (Å²) in [4.78, 5) is 13.4. The van der Waals surface area contributed by atoms with E-state index in [1.54, 1.807) is 0 Å². The summed E-state index contributed by atoms with van der Waals surface area (Å²) in [5.41, 5.74) is 0. The fourth-order valence-corrected chi connectivity index (χ4v) is 2.88. The summed E-state index contributed by atoms with van der Waals surface area (Å²) in [6, 6.07) is -0.289. The van der Waals surface area contributed by atoms with Crippen molar-refractivity contribution in [2.45, 2.75) is 57.1 Å². The molecule has 4 nitrogen and oxygen atoms in total. The molecule has 1 N–H and O–H groups in total. The lowest BCUT2D eigenvalue weighted by Gasteiger charge is -2.32. The Morgan fingerprint density at radius 3 is 2.71 bits per heavy atom. The number of carboxylic acid groups (broad SMARTS) is 1. The fraction of sp³-hybridized carbons (Fsp3) is 0.923. The first-order valence-corrected chi connectivity index (χ1v) is 6.86. The van der Waals surface area contributed by atoms with E-state index in [2.05, 4.69) is 4.90 Å². The van der Waals surface area contributed by atoms with Crippen molar-refractivity contribution in [3.63, 3.8) is 0 Å². The van der Waals surface area contributed by atoms with Gasteiger partial charge in [0.1, 0.15) is 6.04 Å². The van der Waals surface area contributed by atoms with Crippen LogP contribution < -0.4 is 0 Å². The van der Waals surface area contributed by atoms with Gasteiger partial charge in [-0.1, -0.05) is 12.8 Å². The summed E-state index contributed by atoms with van der Waals surface area (Å²) in [6.45, 7) is 2.56. The first-order chi connectivity index (χ1) is 8.27. The maximum absolute atomic E-state index is 11.3. The van der Waals surface area contributed by atoms with Crippen molar-refractivity contribution in [2.75, 3.05) is 19.7 Å². The minimum absolute atomic E-state index is 0.253. The quantitative estimate of drug-likeness (QED) is 0.819. The van der Waals surface area contributed by atoms with E-state index in [0.29, 0.717) is 0 Å². The van der Waals surface area contributed by atoms with Crippen LogP contribution in [0, 0.1) is 0 Å². The third-order valence-electron chi connectivity index (χ3n) is 3.86. The first kappa shape index (κ1) is 12.8. The van der Waals surface area contributed by atoms with Crippen molar-refractivity contribution in [3.05, 3.63) is 0 Å². The Labute approximate surface area is 103 Å². The average Bonchev–Trinajstić information content (AvgIpc) is 2.56. The Morgan fingerprint density at radius 2 is 2.00 bits per heavy atom. The summed E-state index contributed by atoms with van der Waals surface area (Å²) in [5.74, 6) is -0.664. The number of hydrogen-bond donors (Lipinski definition) is 1. The van der Waals surface area contributed by atoms with Gasteiger partial charge in [0.05, 0.1) is 6.10 Å². The zero-order valence-corrected chi connectivity index (χ0v) is 10.4. The molecule has 4 heteroatoms. The first-order valence-electron chi connectivity index (χ1n) is 6.86. The number of rotatable bonds is 3. The highest BCUT2D eigenvalue weighted by Crippen LogP contribution is 2.20. The number of likely N-dealkylation sites (tertiary alicyclic amines) is 1. The van der Waals surface area contributed by atoms with Gasteiger partial charge in [0.15, 0.2) is 0 Å². The van der Waals surface area contributed by atoms with Crippen LogP contribution in [0.25, 0.3) is 0 Å². The van der Waals surface area contributed by atoms with E-state index in [1.807, 2.05) is 0 Å². The zero-order valence-electron chi connectivity index (χ0n) is 10.4. The van der Waals surface area contributed by atoms with E-state index in [1.165, 1.54) is 6.42 Å². The van der Waals surface area contributed by atoms with Gasteiger partial charge < -0.3 is 9.84 Å². The molecule has 2 aliphatic heterocycles. The van der Waals surface area contributed by atoms with Crippen LogP contribution in [0.15, 0.2) is 0 Å². The lowest BCUT2D eigenvalue weighted by atomic mass is 10.1. The van der Waals surface area contributed by atoms with Gasteiger partial charge in [-0.15, -0.1) is 0 Å². The van der Waals surface area contributed by atoms with Gasteiger partial charge in [-0.3, -0.25) is 9.69 Å². The van der Waals surface area contributed by atoms with Gasteiger partial charge in [0.2, 0.25) is 0 Å². The van der Waals surface area contributed by atoms with Crippen molar-refractivity contribution in [2.24, 2.45) is 0 Å². The normalized spacial score (nSPS) is 32.0. The number of hydrogen-bond acceptors (Lipinski definition) is 3. The number of aliphatic carboxylic acids is 1. The third-order valence-corrected chi connectivity index (χ3v) is 3.86. The Balaban J connectivity index is 1.91. The predicted molar refractivity (Wildman–Crippen MR) is 65.1 cm³/mol. The molecule has 98 valence electrons. The molecule has 0 aliphatic carbocycles. The second-order valence-corrected chi connectivity index (χ2v) is 5.19. The highest BCUT2D eigenvalue weighted by Gasteiger charge is 2.29. The van der Waals surface area contributed by atoms with Crippen LogP contribution in [-0.2, 0) is 9.53 Å². The molecule has 2 saturated heterocycles. The zero-order chi connectivity index (χ0) is 12.1. The molecule has 2 heterocycles. The molecule has 0 saturated carbocycles. The number of ether oxygens (including phenoxy) is 1. The number of carboxylic acids is 1. The molecule has 17 heavy (non-hydrogen) atoms. The van der Waals surface area contributed by atoms with Gasteiger partial charge in [-0.05, 0) is 38.6 Å². The summed E-state index contributed by atoms with van der Waals surface area (Å²) in [7, 11) is 0. The van der Waals surface area contributed by atoms with Gasteiger partial charge in [-0.25, -0.2) is 0 Å². The molecule has 0 radical (unpaired) electrons. The molecule has 0 aromatic carbocycles. The smallest absolute Gasteiger partial charge is 0.320 e. The summed E-state index contributed by atoms with van der Waals surface area (Å²) < 4.78 is 5.71. The molecule has 2 aliphatic rings. The molecule has 2 atom stereocenters. The SMILES string of the molecule is O=C(O)C1CCCCCN1CC1CCCCO1. The Hall–Kier alpha value is -0.610. The van der Waals surface area contributed by atoms with E-state index >= 15 is 0 Å². The standard InChI is InChI=1S/C13H23NO3/c15-13(16)12-7-2-1-4-8-14(12)10-11-6-3-5-9-17-11/h11-12H,1-10H2,(H,15,16). The van der Waals surface area contributed by atoms with E-state index in [0.717, 1.165) is 58.2 Å². The highest BCUT2D eigenvalue weighted by atomic mass is 16.5. The van der Waals surface area contributed by atoms with Crippen molar-refractivity contribution < 1.29 is 14.6 Å². The van der Waals surface area contributed by atoms with Crippen LogP contribution in [0.3, 0.4) is 0 Å². The second-order valence-electron chi connectivity index (χ2n) is 5.19. The lowest BCUT2D eigenvalue weighted by Crippen LogP contribution is -2.45. The average molecular weight is 241 g/mol. The maximum atomic E-state index is 11.3. The number of nitrogens with zero attached hydrogens (tertiary/aromatic N) is 1. The van der Waals surface area contributed by atoms with Crippen LogP contribution in [0.1, 0.15) is 44.9 Å². The largest absolute Gasteiger partial charge is 0.480 e. The lowest BCUT2D eigenvalue weighted by molar-refractivity contribution is -0.144. The minimum Gasteiger partial charge on any atom is -0.480 e. The molecule has 0 amide bonds. The molecule has 0 spiro atoms. The second kappa shape index (κ2) is 6.36. The van der Waals surface area contributed by atoms with Crippen LogP contribution in [0.2, 0.25) is 0 Å². The molecular formula is C13H23NO3. The molecule has 2 rings (SSSR count). The topological polar surface area (TPSA) is 49.8 Å². The molecule has 0 bridgehead atoms. The minimum atomic E-state index is -0.664. The van der Waals surface area contributed by atoms with Gasteiger partial charge in [-0.2, -0.15) is 0 Å². The van der Waals surface area contributed by atoms with E-state index in [4.69, 9.17) is 4.74 Å². The van der Waals surface area contributed by atoms with Gasteiger partial charge in [0, 0.05) is 13.2 Å². The van der Waals surface area contributed by atoms with Gasteiger partial charge >= 0.3 is 5.97 Å². The van der Waals surface area contributed by atoms with E-state index < -0.39 is 5.97 Å². The molecule has 2 unspecified atom stereocenters. The summed E-state index contributed by atoms with van der Waals surface area (Å²) in [5, 5.41) is 9.28. The van der Waals surface area contributed by atoms with Crippen molar-refractivity contribution >= 4 is 5.97 Å². The molecule has 2 fully saturated rings. The van der Waals surface area contributed by atoms with Crippen LogP contribution >= 0.6 is 0 Å². The Kier molecular flexibility index (Phi) is 4.80. The number of carbonyl (C=O) groups is 1. The Morgan fingerprint density at radius 1 is 1.18 bits per heavy atom. The van der Waals surface area contributed by atoms with Crippen LogP contribution in [0.4, 0.5) is 0 Å². The van der Waals surface area contributed by atoms with Gasteiger partial charge in [0.25, 0.3) is 0 Å². The van der Waals surface area contributed by atoms with E-state index in [-0.39, 0.29) is 12.1 Å². The van der Waals surface area contributed by atoms with Crippen molar-refractivity contribution in [1.82, 2.24) is 4.90 Å². The van der Waals surface area contributed by atoms with Crippen LogP contribution in [0.5, 0.6) is 0 Å². The van der Waals surface area contributed by atoms with Crippen LogP contribution in [-0.4, -0.2) is 47.8 Å². The Bertz CT molecular complexity index is 251. The molecular weight excluding hydrogens is 218 g/mol. The highest BCUT2D eigenvalue weighted by molar-refractivity contribution is 5.73. The maximum Gasteiger partial charge on any atom is 0.320 e. The molecule has 0 aromatic rings. The molecule has 0 aromatic heterocycles. The summed E-state index contributed by atoms with van der Waals surface area (Å²) >= 11 is 0. The van der Waals surface area contributed by atoms with Crippen molar-refractivity contribution in [1.29, 1.82) is 0 Å². The van der Waals surface area contributed by atoms with E-state index in [9.17, 15) is 9.90 Å². The van der Waals surface area contributed by atoms with Crippen molar-refractivity contribution in [3.8, 4) is 0 Å². The summed E-state index contributed by atoms with van der Waals surface area (Å²) in [6.07, 6.45) is 7.82. The third kappa shape index (κ3) is 3.68. The fourth-order valence-electron chi connectivity index (χ4n) is 2.88.